The van der Waals surface area contributed by atoms with E-state index in [1.165, 1.54) is 36.5 Å². The molecular weight excluding hydrogens is 395 g/mol. The van der Waals surface area contributed by atoms with Gasteiger partial charge in [0.15, 0.2) is 0 Å². The van der Waals surface area contributed by atoms with Crippen LogP contribution in [0.15, 0.2) is 100 Å². The van der Waals surface area contributed by atoms with Crippen molar-refractivity contribution in [1.82, 2.24) is 5.43 Å². The number of phenolic OH excluding ortho intramolecular Hbond substituents is 1. The molecule has 0 saturated heterocycles. The van der Waals surface area contributed by atoms with Crippen molar-refractivity contribution in [1.29, 1.82) is 0 Å². The van der Waals surface area contributed by atoms with E-state index in [2.05, 4.69) is 20.8 Å². The van der Waals surface area contributed by atoms with Gasteiger partial charge in [-0.1, -0.05) is 36.4 Å². The molecule has 0 unspecified atom stereocenters. The number of benzene rings is 4. The lowest BCUT2D eigenvalue weighted by Crippen LogP contribution is -2.17. The first kappa shape index (κ1) is 19.9. The van der Waals surface area contributed by atoms with Gasteiger partial charge in [-0.15, -0.1) is 5.11 Å². The summed E-state index contributed by atoms with van der Waals surface area (Å²) in [6, 6.07) is 23.4. The van der Waals surface area contributed by atoms with E-state index in [9.17, 15) is 14.3 Å². The number of hydrogen-bond donors (Lipinski definition) is 2. The van der Waals surface area contributed by atoms with Gasteiger partial charge in [-0.2, -0.15) is 10.2 Å². The minimum absolute atomic E-state index is 0.0242. The first-order chi connectivity index (χ1) is 15.1. The number of amides is 1. The summed E-state index contributed by atoms with van der Waals surface area (Å²) in [4.78, 5) is 12.0. The standard InChI is InChI=1S/C24H17FN4O2/c25-19-10-8-17(9-11-19)24(31)29-26-15-18-14-20(12-13-23(18)30)27-28-22-7-3-5-16-4-1-2-6-21(16)22/h1-15,30H,(H,29,31)/b26-15-,28-27?. The third-order valence-corrected chi connectivity index (χ3v) is 4.53. The lowest BCUT2D eigenvalue weighted by Gasteiger charge is -2.02. The second kappa shape index (κ2) is 8.96. The number of carbonyl (C=O) groups excluding carboxylic acids is 1. The number of fused-ring (bicyclic) bond motifs is 1. The van der Waals surface area contributed by atoms with Gasteiger partial charge in [-0.25, -0.2) is 9.82 Å². The molecule has 0 aliphatic heterocycles. The molecule has 4 aromatic rings. The van der Waals surface area contributed by atoms with Crippen LogP contribution in [0.3, 0.4) is 0 Å². The van der Waals surface area contributed by atoms with Crippen molar-refractivity contribution < 1.29 is 14.3 Å². The third kappa shape index (κ3) is 4.79. The van der Waals surface area contributed by atoms with Gasteiger partial charge in [0.2, 0.25) is 0 Å². The summed E-state index contributed by atoms with van der Waals surface area (Å²) in [7, 11) is 0. The van der Waals surface area contributed by atoms with Crippen LogP contribution in [-0.2, 0) is 0 Å². The van der Waals surface area contributed by atoms with E-state index in [1.807, 2.05) is 42.5 Å². The highest BCUT2D eigenvalue weighted by Gasteiger charge is 2.05. The molecule has 4 aromatic carbocycles. The van der Waals surface area contributed by atoms with Gasteiger partial charge in [0.05, 0.1) is 17.6 Å². The van der Waals surface area contributed by atoms with Crippen LogP contribution >= 0.6 is 0 Å². The molecule has 0 atom stereocenters. The molecule has 0 spiro atoms. The Kier molecular flexibility index (Phi) is 5.75. The predicted octanol–water partition coefficient (Wildman–Crippen LogP) is 5.86. The fourth-order valence-electron chi connectivity index (χ4n) is 2.94. The van der Waals surface area contributed by atoms with Crippen molar-refractivity contribution in [3.8, 4) is 5.75 Å². The van der Waals surface area contributed by atoms with Crippen LogP contribution in [0.1, 0.15) is 15.9 Å². The topological polar surface area (TPSA) is 86.4 Å². The summed E-state index contributed by atoms with van der Waals surface area (Å²) in [5, 5.41) is 24.5. The van der Waals surface area contributed by atoms with Crippen molar-refractivity contribution in [2.45, 2.75) is 0 Å². The quantitative estimate of drug-likeness (QED) is 0.244. The molecule has 2 N–H and O–H groups in total. The molecule has 0 aliphatic rings. The number of azo groups is 1. The average Bonchev–Trinajstić information content (AvgIpc) is 2.79. The number of carbonyl (C=O) groups is 1. The average molecular weight is 412 g/mol. The highest BCUT2D eigenvalue weighted by atomic mass is 19.1. The molecule has 0 heterocycles. The Morgan fingerprint density at radius 2 is 1.68 bits per heavy atom. The second-order valence-electron chi connectivity index (χ2n) is 6.65. The van der Waals surface area contributed by atoms with Gasteiger partial charge in [-0.05, 0) is 53.9 Å². The number of hydrogen-bond acceptors (Lipinski definition) is 5. The number of hydrazone groups is 1. The number of rotatable bonds is 5. The summed E-state index contributed by atoms with van der Waals surface area (Å²) in [5.41, 5.74) is 4.19. The largest absolute Gasteiger partial charge is 0.507 e. The SMILES string of the molecule is O=C(N/N=C\c1cc(N=Nc2cccc3ccccc23)ccc1O)c1ccc(F)cc1. The normalized spacial score (nSPS) is 11.4. The smallest absolute Gasteiger partial charge is 0.271 e. The molecule has 6 nitrogen and oxygen atoms in total. The molecule has 0 aliphatic carbocycles. The van der Waals surface area contributed by atoms with Crippen molar-refractivity contribution in [2.75, 3.05) is 0 Å². The zero-order valence-electron chi connectivity index (χ0n) is 16.2. The van der Waals surface area contributed by atoms with Crippen molar-refractivity contribution in [3.63, 3.8) is 0 Å². The van der Waals surface area contributed by atoms with E-state index in [0.717, 1.165) is 16.5 Å². The van der Waals surface area contributed by atoms with Crippen LogP contribution in [0.4, 0.5) is 15.8 Å². The Morgan fingerprint density at radius 3 is 2.52 bits per heavy atom. The first-order valence-electron chi connectivity index (χ1n) is 9.42. The summed E-state index contributed by atoms with van der Waals surface area (Å²) < 4.78 is 12.9. The van der Waals surface area contributed by atoms with Crippen molar-refractivity contribution in [3.05, 3.63) is 102 Å². The fourth-order valence-corrected chi connectivity index (χ4v) is 2.94. The van der Waals surface area contributed by atoms with Crippen LogP contribution in [-0.4, -0.2) is 17.2 Å². The van der Waals surface area contributed by atoms with E-state index in [1.54, 1.807) is 12.1 Å². The van der Waals surface area contributed by atoms with E-state index in [-0.39, 0.29) is 11.3 Å². The number of nitrogens with zero attached hydrogens (tertiary/aromatic N) is 3. The van der Waals surface area contributed by atoms with Gasteiger partial charge < -0.3 is 5.11 Å². The Labute approximate surface area is 177 Å². The van der Waals surface area contributed by atoms with Crippen LogP contribution < -0.4 is 5.43 Å². The monoisotopic (exact) mass is 412 g/mol. The lowest BCUT2D eigenvalue weighted by molar-refractivity contribution is 0.0955. The van der Waals surface area contributed by atoms with Crippen LogP contribution in [0.25, 0.3) is 10.8 Å². The van der Waals surface area contributed by atoms with E-state index < -0.39 is 11.7 Å². The van der Waals surface area contributed by atoms with Gasteiger partial charge in [0.1, 0.15) is 11.6 Å². The highest BCUT2D eigenvalue weighted by Crippen LogP contribution is 2.28. The number of halogens is 1. The van der Waals surface area contributed by atoms with E-state index >= 15 is 0 Å². The van der Waals surface area contributed by atoms with Crippen molar-refractivity contribution in [2.24, 2.45) is 15.3 Å². The van der Waals surface area contributed by atoms with Crippen LogP contribution in [0, 0.1) is 5.82 Å². The minimum Gasteiger partial charge on any atom is -0.507 e. The first-order valence-corrected chi connectivity index (χ1v) is 9.42. The molecule has 0 aromatic heterocycles. The van der Waals surface area contributed by atoms with Crippen LogP contribution in [0.2, 0.25) is 0 Å². The van der Waals surface area contributed by atoms with Gasteiger partial charge in [-0.3, -0.25) is 4.79 Å². The number of aromatic hydroxyl groups is 1. The molecule has 152 valence electrons. The van der Waals surface area contributed by atoms with Crippen molar-refractivity contribution >= 4 is 34.3 Å². The Balaban J connectivity index is 1.50. The summed E-state index contributed by atoms with van der Waals surface area (Å²) >= 11 is 0. The molecule has 1 amide bonds. The molecule has 0 fully saturated rings. The van der Waals surface area contributed by atoms with E-state index in [0.29, 0.717) is 11.3 Å². The Morgan fingerprint density at radius 1 is 0.903 bits per heavy atom. The predicted molar refractivity (Wildman–Crippen MR) is 118 cm³/mol. The molecule has 7 heteroatoms. The molecule has 31 heavy (non-hydrogen) atoms. The minimum atomic E-state index is -0.498. The molecule has 0 saturated carbocycles. The highest BCUT2D eigenvalue weighted by molar-refractivity contribution is 5.95. The number of nitrogens with one attached hydrogen (secondary N) is 1. The molecule has 0 radical (unpaired) electrons. The number of phenols is 1. The van der Waals surface area contributed by atoms with Gasteiger partial charge in [0.25, 0.3) is 5.91 Å². The maximum Gasteiger partial charge on any atom is 0.271 e. The molecule has 0 bridgehead atoms. The van der Waals surface area contributed by atoms with Crippen LogP contribution in [0.5, 0.6) is 5.75 Å². The fraction of sp³-hybridized carbons (Fsp3) is 0. The zero-order valence-corrected chi connectivity index (χ0v) is 16.2. The lowest BCUT2D eigenvalue weighted by atomic mass is 10.1. The zero-order chi connectivity index (χ0) is 21.6. The Hall–Kier alpha value is -4.39. The maximum absolute atomic E-state index is 12.9. The summed E-state index contributed by atoms with van der Waals surface area (Å²) in [5.74, 6) is -0.953. The summed E-state index contributed by atoms with van der Waals surface area (Å²) in [6.45, 7) is 0. The third-order valence-electron chi connectivity index (χ3n) is 4.53. The molecular formula is C24H17FN4O2. The maximum atomic E-state index is 12.9. The summed E-state index contributed by atoms with van der Waals surface area (Å²) in [6.07, 6.45) is 1.30. The molecule has 4 rings (SSSR count). The van der Waals surface area contributed by atoms with Gasteiger partial charge in [0, 0.05) is 16.5 Å². The second-order valence-corrected chi connectivity index (χ2v) is 6.65. The van der Waals surface area contributed by atoms with E-state index in [4.69, 9.17) is 0 Å². The van der Waals surface area contributed by atoms with Gasteiger partial charge >= 0.3 is 0 Å². The Bertz CT molecular complexity index is 1300.